The first kappa shape index (κ1) is 14.5. The molecule has 2 rings (SSSR count). The molecule has 0 bridgehead atoms. The monoisotopic (exact) mass is 279 g/mol. The van der Waals surface area contributed by atoms with Crippen molar-refractivity contribution in [2.24, 2.45) is 5.73 Å². The third kappa shape index (κ3) is 3.36. The van der Waals surface area contributed by atoms with Gasteiger partial charge in [-0.3, -0.25) is 4.79 Å². The van der Waals surface area contributed by atoms with Crippen molar-refractivity contribution in [1.29, 1.82) is 0 Å². The number of carbonyl (C=O) groups is 1. The van der Waals surface area contributed by atoms with Crippen LogP contribution in [0.25, 0.3) is 0 Å². The van der Waals surface area contributed by atoms with Crippen LogP contribution in [0.1, 0.15) is 36.0 Å². The van der Waals surface area contributed by atoms with E-state index in [0.29, 0.717) is 29.5 Å². The smallest absolute Gasteiger partial charge is 0.254 e. The predicted molar refractivity (Wildman–Crippen MR) is 76.8 cm³/mol. The van der Waals surface area contributed by atoms with E-state index < -0.39 is 5.91 Å². The minimum absolute atomic E-state index is 0.293. The number of nitrogens with two attached hydrogens (primary N) is 1. The average molecular weight is 279 g/mol. The molecule has 1 aromatic rings. The Labute approximate surface area is 118 Å². The summed E-state index contributed by atoms with van der Waals surface area (Å²) in [5, 5.41) is 6.16. The first-order valence-corrected chi connectivity index (χ1v) is 6.78. The molecule has 20 heavy (non-hydrogen) atoms. The number of methoxy groups -OCH3 is 1. The molecule has 4 N–H and O–H groups in total. The predicted octanol–water partition coefficient (Wildman–Crippen LogP) is 0.987. The molecular formula is C13H21N5O2. The number of aromatic nitrogens is 2. The summed E-state index contributed by atoms with van der Waals surface area (Å²) >= 11 is 0. The van der Waals surface area contributed by atoms with Gasteiger partial charge in [-0.1, -0.05) is 0 Å². The lowest BCUT2D eigenvalue weighted by Crippen LogP contribution is -2.30. The van der Waals surface area contributed by atoms with E-state index in [1.165, 1.54) is 6.20 Å². The van der Waals surface area contributed by atoms with Crippen LogP contribution < -0.4 is 16.4 Å². The van der Waals surface area contributed by atoms with Gasteiger partial charge in [-0.15, -0.1) is 0 Å². The van der Waals surface area contributed by atoms with Gasteiger partial charge < -0.3 is 21.1 Å². The first-order valence-electron chi connectivity index (χ1n) is 6.78. The van der Waals surface area contributed by atoms with Crippen molar-refractivity contribution in [3.8, 4) is 0 Å². The summed E-state index contributed by atoms with van der Waals surface area (Å²) < 4.78 is 5.35. The van der Waals surface area contributed by atoms with Gasteiger partial charge in [0.05, 0.1) is 11.7 Å². The molecule has 0 spiro atoms. The van der Waals surface area contributed by atoms with Crippen LogP contribution in [0.4, 0.5) is 11.8 Å². The van der Waals surface area contributed by atoms with Crippen LogP contribution in [0.3, 0.4) is 0 Å². The fraction of sp³-hybridized carbons (Fsp3) is 0.615. The fourth-order valence-electron chi connectivity index (χ4n) is 2.45. The second-order valence-corrected chi connectivity index (χ2v) is 4.92. The zero-order valence-corrected chi connectivity index (χ0v) is 11.8. The number of carbonyl (C=O) groups excluding carboxylic acids is 1. The Kier molecular flexibility index (Phi) is 4.73. The summed E-state index contributed by atoms with van der Waals surface area (Å²) in [6.07, 6.45) is 5.92. The van der Waals surface area contributed by atoms with Crippen molar-refractivity contribution in [2.45, 2.75) is 37.8 Å². The summed E-state index contributed by atoms with van der Waals surface area (Å²) in [5.74, 6) is 0.419. The normalized spacial score (nSPS) is 22.3. The molecule has 0 atom stereocenters. The molecule has 1 saturated carbocycles. The van der Waals surface area contributed by atoms with Crippen molar-refractivity contribution >= 4 is 17.7 Å². The highest BCUT2D eigenvalue weighted by atomic mass is 16.5. The van der Waals surface area contributed by atoms with Gasteiger partial charge in [-0.25, -0.2) is 4.98 Å². The average Bonchev–Trinajstić information content (AvgIpc) is 2.47. The zero-order chi connectivity index (χ0) is 14.5. The van der Waals surface area contributed by atoms with Crippen molar-refractivity contribution < 1.29 is 9.53 Å². The van der Waals surface area contributed by atoms with Crippen LogP contribution in [0.5, 0.6) is 0 Å². The van der Waals surface area contributed by atoms with E-state index in [0.717, 1.165) is 25.7 Å². The zero-order valence-electron chi connectivity index (χ0n) is 11.8. The van der Waals surface area contributed by atoms with Gasteiger partial charge in [0.2, 0.25) is 5.95 Å². The van der Waals surface area contributed by atoms with E-state index in [1.807, 2.05) is 0 Å². The Balaban J connectivity index is 2.01. The third-order valence-electron chi connectivity index (χ3n) is 3.63. The van der Waals surface area contributed by atoms with Gasteiger partial charge >= 0.3 is 0 Å². The van der Waals surface area contributed by atoms with Gasteiger partial charge in [0.25, 0.3) is 5.91 Å². The molecule has 1 fully saturated rings. The summed E-state index contributed by atoms with van der Waals surface area (Å²) in [4.78, 5) is 19.6. The highest BCUT2D eigenvalue weighted by Gasteiger charge is 2.21. The molecule has 1 aromatic heterocycles. The van der Waals surface area contributed by atoms with Gasteiger partial charge in [-0.05, 0) is 25.7 Å². The maximum absolute atomic E-state index is 11.2. The van der Waals surface area contributed by atoms with Crippen LogP contribution in [-0.4, -0.2) is 42.2 Å². The summed E-state index contributed by atoms with van der Waals surface area (Å²) in [6.45, 7) is 0. The number of primary amides is 1. The minimum atomic E-state index is -0.540. The quantitative estimate of drug-likeness (QED) is 0.742. The van der Waals surface area contributed by atoms with Crippen molar-refractivity contribution in [3.05, 3.63) is 11.8 Å². The van der Waals surface area contributed by atoms with E-state index in [9.17, 15) is 4.79 Å². The summed E-state index contributed by atoms with van der Waals surface area (Å²) in [6, 6.07) is 0.338. The lowest BCUT2D eigenvalue weighted by molar-refractivity contribution is 0.0681. The number of amides is 1. The van der Waals surface area contributed by atoms with Gasteiger partial charge in [0.15, 0.2) is 0 Å². The SMILES string of the molecule is CNc1nc(N[C@H]2CC[C@H](OC)CC2)ncc1C(N)=O. The van der Waals surface area contributed by atoms with Crippen LogP contribution in [-0.2, 0) is 4.74 Å². The van der Waals surface area contributed by atoms with E-state index in [-0.39, 0.29) is 0 Å². The number of anilines is 2. The number of ether oxygens (including phenoxy) is 1. The Hall–Kier alpha value is -1.89. The topological polar surface area (TPSA) is 102 Å². The molecule has 0 radical (unpaired) electrons. The highest BCUT2D eigenvalue weighted by molar-refractivity contribution is 5.97. The highest BCUT2D eigenvalue weighted by Crippen LogP contribution is 2.23. The standard InChI is InChI=1S/C13H21N5O2/c1-15-12-10(11(14)19)7-16-13(18-12)17-8-3-5-9(20-2)6-4-8/h7-9H,3-6H2,1-2H3,(H2,14,19)(H2,15,16,17,18)/t8-,9-. The number of hydrogen-bond donors (Lipinski definition) is 3. The molecule has 1 aliphatic carbocycles. The molecule has 0 unspecified atom stereocenters. The number of nitrogens with one attached hydrogen (secondary N) is 2. The van der Waals surface area contributed by atoms with E-state index in [4.69, 9.17) is 10.5 Å². The third-order valence-corrected chi connectivity index (χ3v) is 3.63. The molecule has 0 aromatic carbocycles. The van der Waals surface area contributed by atoms with Crippen molar-refractivity contribution in [3.63, 3.8) is 0 Å². The van der Waals surface area contributed by atoms with Gasteiger partial charge in [0.1, 0.15) is 5.82 Å². The Morgan fingerprint density at radius 1 is 1.40 bits per heavy atom. The number of hydrogen-bond acceptors (Lipinski definition) is 6. The second kappa shape index (κ2) is 6.51. The van der Waals surface area contributed by atoms with E-state index >= 15 is 0 Å². The Morgan fingerprint density at radius 3 is 2.65 bits per heavy atom. The molecular weight excluding hydrogens is 258 g/mol. The molecule has 7 heteroatoms. The number of nitrogens with zero attached hydrogens (tertiary/aromatic N) is 2. The first-order chi connectivity index (χ1) is 9.63. The molecule has 1 heterocycles. The maximum Gasteiger partial charge on any atom is 0.254 e. The van der Waals surface area contributed by atoms with Crippen LogP contribution >= 0.6 is 0 Å². The second-order valence-electron chi connectivity index (χ2n) is 4.92. The lowest BCUT2D eigenvalue weighted by atomic mass is 9.93. The molecule has 7 nitrogen and oxygen atoms in total. The minimum Gasteiger partial charge on any atom is -0.381 e. The molecule has 110 valence electrons. The van der Waals surface area contributed by atoms with Gasteiger partial charge in [0, 0.05) is 26.4 Å². The van der Waals surface area contributed by atoms with Crippen molar-refractivity contribution in [2.75, 3.05) is 24.8 Å². The Bertz CT molecular complexity index is 472. The fourth-order valence-corrected chi connectivity index (χ4v) is 2.45. The molecule has 0 aliphatic heterocycles. The molecule has 0 saturated heterocycles. The van der Waals surface area contributed by atoms with Crippen LogP contribution in [0.2, 0.25) is 0 Å². The van der Waals surface area contributed by atoms with Crippen LogP contribution in [0.15, 0.2) is 6.20 Å². The molecule has 1 aliphatic rings. The molecule has 1 amide bonds. The lowest BCUT2D eigenvalue weighted by Gasteiger charge is -2.28. The van der Waals surface area contributed by atoms with Crippen molar-refractivity contribution in [1.82, 2.24) is 9.97 Å². The summed E-state index contributed by atoms with van der Waals surface area (Å²) in [7, 11) is 3.45. The largest absolute Gasteiger partial charge is 0.381 e. The summed E-state index contributed by atoms with van der Waals surface area (Å²) in [5.41, 5.74) is 5.55. The number of rotatable bonds is 5. The van der Waals surface area contributed by atoms with E-state index in [1.54, 1.807) is 14.2 Å². The van der Waals surface area contributed by atoms with Gasteiger partial charge in [-0.2, -0.15) is 4.98 Å². The van der Waals surface area contributed by atoms with E-state index in [2.05, 4.69) is 20.6 Å². The Morgan fingerprint density at radius 2 is 2.10 bits per heavy atom. The van der Waals surface area contributed by atoms with Crippen LogP contribution in [0, 0.1) is 0 Å². The maximum atomic E-state index is 11.2.